The standard InChI is InChI=1S/C15H13N2O2/c1-11-2-5-15-8-13(10-16(15)9-11)12-3-6-14(7-4-12)17(18)19/h2-10,18H,1H3/q-1. The van der Waals surface area contributed by atoms with Gasteiger partial charge >= 0.3 is 0 Å². The van der Waals surface area contributed by atoms with Gasteiger partial charge in [0.2, 0.25) is 0 Å². The zero-order valence-electron chi connectivity index (χ0n) is 10.4. The van der Waals surface area contributed by atoms with Crippen LogP contribution >= 0.6 is 0 Å². The highest BCUT2D eigenvalue weighted by Gasteiger charge is 2.03. The molecule has 0 amide bonds. The average Bonchev–Trinajstić information content (AvgIpc) is 2.81. The largest absolute Gasteiger partial charge is 0.733 e. The SMILES string of the molecule is Cc1ccc2cc(-c3ccc(N([O-])O)cc3)cn2c1. The Kier molecular flexibility index (Phi) is 2.74. The van der Waals surface area contributed by atoms with Crippen LogP contribution in [0.2, 0.25) is 0 Å². The van der Waals surface area contributed by atoms with E-state index < -0.39 is 0 Å². The van der Waals surface area contributed by atoms with Gasteiger partial charge in [0.15, 0.2) is 0 Å². The van der Waals surface area contributed by atoms with Gasteiger partial charge in [-0.15, -0.1) is 0 Å². The smallest absolute Gasteiger partial charge is 0.0509 e. The molecule has 0 spiro atoms. The highest BCUT2D eigenvalue weighted by Crippen LogP contribution is 2.25. The Labute approximate surface area is 110 Å². The molecule has 0 saturated heterocycles. The molecule has 0 aliphatic carbocycles. The zero-order valence-corrected chi connectivity index (χ0v) is 10.4. The minimum atomic E-state index is -0.136. The Balaban J connectivity index is 2.03. The van der Waals surface area contributed by atoms with Crippen LogP contribution in [0.1, 0.15) is 5.56 Å². The van der Waals surface area contributed by atoms with E-state index in [-0.39, 0.29) is 10.9 Å². The van der Waals surface area contributed by atoms with Crippen molar-refractivity contribution in [2.75, 3.05) is 5.23 Å². The van der Waals surface area contributed by atoms with Crippen molar-refractivity contribution < 1.29 is 5.21 Å². The van der Waals surface area contributed by atoms with Crippen LogP contribution in [0.15, 0.2) is 54.9 Å². The Morgan fingerprint density at radius 3 is 2.42 bits per heavy atom. The molecule has 2 heterocycles. The summed E-state index contributed by atoms with van der Waals surface area (Å²) < 4.78 is 2.07. The number of hydrogen-bond donors (Lipinski definition) is 1. The first-order chi connectivity index (χ1) is 9.13. The molecule has 3 rings (SSSR count). The number of aryl methyl sites for hydroxylation is 1. The molecule has 1 aromatic carbocycles. The molecule has 4 heteroatoms. The van der Waals surface area contributed by atoms with Gasteiger partial charge in [-0.3, -0.25) is 5.21 Å². The molecule has 0 atom stereocenters. The molecule has 3 aromatic rings. The monoisotopic (exact) mass is 253 g/mol. The maximum absolute atomic E-state index is 10.7. The van der Waals surface area contributed by atoms with Gasteiger partial charge in [0.25, 0.3) is 0 Å². The van der Waals surface area contributed by atoms with Crippen LogP contribution in [-0.4, -0.2) is 9.61 Å². The number of pyridine rings is 1. The summed E-state index contributed by atoms with van der Waals surface area (Å²) in [4.78, 5) is 0. The lowest BCUT2D eigenvalue weighted by Gasteiger charge is -2.21. The van der Waals surface area contributed by atoms with Gasteiger partial charge in [-0.25, -0.2) is 0 Å². The van der Waals surface area contributed by atoms with E-state index in [9.17, 15) is 5.21 Å². The number of benzene rings is 1. The fraction of sp³-hybridized carbons (Fsp3) is 0.0667. The highest BCUT2D eigenvalue weighted by atomic mass is 16.8. The van der Waals surface area contributed by atoms with Crippen LogP contribution in [0.5, 0.6) is 0 Å². The van der Waals surface area contributed by atoms with E-state index in [2.05, 4.69) is 35.7 Å². The maximum atomic E-state index is 10.7. The second kappa shape index (κ2) is 4.42. The van der Waals surface area contributed by atoms with Crippen molar-refractivity contribution in [3.8, 4) is 11.1 Å². The number of hydrogen-bond acceptors (Lipinski definition) is 3. The number of rotatable bonds is 2. The Hall–Kier alpha value is -2.30. The normalized spacial score (nSPS) is 10.9. The topological polar surface area (TPSA) is 50.9 Å². The molecule has 0 aliphatic heterocycles. The summed E-state index contributed by atoms with van der Waals surface area (Å²) in [6, 6.07) is 13.0. The quantitative estimate of drug-likeness (QED) is 0.710. The summed E-state index contributed by atoms with van der Waals surface area (Å²) in [5.41, 5.74) is 4.63. The average molecular weight is 253 g/mol. The molecule has 96 valence electrons. The lowest BCUT2D eigenvalue weighted by atomic mass is 10.1. The molecular weight excluding hydrogens is 240 g/mol. The summed E-state index contributed by atoms with van der Waals surface area (Å²) in [5, 5.41) is 19.4. The summed E-state index contributed by atoms with van der Waals surface area (Å²) in [5.74, 6) is 0. The zero-order chi connectivity index (χ0) is 13.4. The van der Waals surface area contributed by atoms with Crippen molar-refractivity contribution in [3.05, 3.63) is 65.6 Å². The molecule has 2 aromatic heterocycles. The van der Waals surface area contributed by atoms with Crippen LogP contribution in [0.25, 0.3) is 16.6 Å². The van der Waals surface area contributed by atoms with Crippen LogP contribution in [0, 0.1) is 12.1 Å². The van der Waals surface area contributed by atoms with Gasteiger partial charge in [-0.2, -0.15) is 0 Å². The van der Waals surface area contributed by atoms with E-state index in [1.165, 1.54) is 5.56 Å². The molecule has 0 saturated carbocycles. The molecular formula is C15H13N2O2-. The van der Waals surface area contributed by atoms with E-state index in [1.807, 2.05) is 18.3 Å². The summed E-state index contributed by atoms with van der Waals surface area (Å²) in [6.45, 7) is 2.05. The number of fused-ring (bicyclic) bond motifs is 1. The Morgan fingerprint density at radius 1 is 1.00 bits per heavy atom. The molecule has 0 radical (unpaired) electrons. The molecule has 19 heavy (non-hydrogen) atoms. The van der Waals surface area contributed by atoms with Crippen molar-refractivity contribution >= 4 is 11.2 Å². The minimum Gasteiger partial charge on any atom is -0.733 e. The van der Waals surface area contributed by atoms with Crippen LogP contribution < -0.4 is 5.23 Å². The van der Waals surface area contributed by atoms with E-state index in [4.69, 9.17) is 5.21 Å². The lowest BCUT2D eigenvalue weighted by Crippen LogP contribution is -2.06. The summed E-state index contributed by atoms with van der Waals surface area (Å²) in [6.07, 6.45) is 4.12. The van der Waals surface area contributed by atoms with E-state index in [1.54, 1.807) is 12.1 Å². The van der Waals surface area contributed by atoms with Crippen LogP contribution in [0.3, 0.4) is 0 Å². The van der Waals surface area contributed by atoms with Gasteiger partial charge < -0.3 is 14.8 Å². The number of nitrogens with zero attached hydrogens (tertiary/aromatic N) is 2. The lowest BCUT2D eigenvalue weighted by molar-refractivity contribution is 0.296. The van der Waals surface area contributed by atoms with Gasteiger partial charge in [-0.1, -0.05) is 18.2 Å². The molecule has 1 N–H and O–H groups in total. The number of aromatic nitrogens is 1. The van der Waals surface area contributed by atoms with Crippen molar-refractivity contribution in [2.24, 2.45) is 0 Å². The highest BCUT2D eigenvalue weighted by molar-refractivity contribution is 5.71. The van der Waals surface area contributed by atoms with Gasteiger partial charge in [-0.05, 0) is 42.3 Å². The van der Waals surface area contributed by atoms with E-state index >= 15 is 0 Å². The second-order valence-electron chi connectivity index (χ2n) is 4.59. The van der Waals surface area contributed by atoms with Gasteiger partial charge in [0, 0.05) is 23.5 Å². The van der Waals surface area contributed by atoms with Crippen LogP contribution in [-0.2, 0) is 0 Å². The third-order valence-corrected chi connectivity index (χ3v) is 3.16. The van der Waals surface area contributed by atoms with Crippen molar-refractivity contribution in [1.82, 2.24) is 4.40 Å². The molecule has 0 fully saturated rings. The van der Waals surface area contributed by atoms with Gasteiger partial charge in [0.1, 0.15) is 0 Å². The first kappa shape index (κ1) is 11.8. The van der Waals surface area contributed by atoms with Crippen molar-refractivity contribution in [3.63, 3.8) is 0 Å². The Morgan fingerprint density at radius 2 is 1.74 bits per heavy atom. The first-order valence-corrected chi connectivity index (χ1v) is 5.98. The Bertz CT molecular complexity index is 715. The molecule has 4 nitrogen and oxygen atoms in total. The van der Waals surface area contributed by atoms with Gasteiger partial charge in [0.05, 0.1) is 5.69 Å². The number of anilines is 1. The molecule has 0 aliphatic rings. The van der Waals surface area contributed by atoms with Crippen molar-refractivity contribution in [1.29, 1.82) is 0 Å². The first-order valence-electron chi connectivity index (χ1n) is 5.98. The van der Waals surface area contributed by atoms with E-state index in [0.717, 1.165) is 16.6 Å². The summed E-state index contributed by atoms with van der Waals surface area (Å²) >= 11 is 0. The fourth-order valence-corrected chi connectivity index (χ4v) is 2.16. The third-order valence-electron chi connectivity index (χ3n) is 3.16. The predicted molar refractivity (Wildman–Crippen MR) is 75.2 cm³/mol. The third kappa shape index (κ3) is 2.19. The molecule has 0 unspecified atom stereocenters. The van der Waals surface area contributed by atoms with Crippen LogP contribution in [0.4, 0.5) is 5.69 Å². The van der Waals surface area contributed by atoms with E-state index in [0.29, 0.717) is 0 Å². The summed E-state index contributed by atoms with van der Waals surface area (Å²) in [7, 11) is 0. The van der Waals surface area contributed by atoms with Crippen molar-refractivity contribution in [2.45, 2.75) is 6.92 Å². The fourth-order valence-electron chi connectivity index (χ4n) is 2.16. The minimum absolute atomic E-state index is 0.136. The second-order valence-corrected chi connectivity index (χ2v) is 4.59. The maximum Gasteiger partial charge on any atom is 0.0509 e. The predicted octanol–water partition coefficient (Wildman–Crippen LogP) is 3.61. The molecule has 0 bridgehead atoms.